The summed E-state index contributed by atoms with van der Waals surface area (Å²) in [5, 5.41) is 18.1. The maximum Gasteiger partial charge on any atom is 0.408 e. The number of fused-ring (bicyclic) bond motifs is 1. The van der Waals surface area contributed by atoms with Gasteiger partial charge in [-0.1, -0.05) is 72.8 Å². The van der Waals surface area contributed by atoms with Crippen LogP contribution in [0.5, 0.6) is 5.75 Å². The van der Waals surface area contributed by atoms with Crippen LogP contribution in [0.4, 0.5) is 10.5 Å². The Labute approximate surface area is 259 Å². The van der Waals surface area contributed by atoms with Crippen LogP contribution >= 0.6 is 0 Å². The highest BCUT2D eigenvalue weighted by Crippen LogP contribution is 2.33. The summed E-state index contributed by atoms with van der Waals surface area (Å²) in [4.78, 5) is 43.3. The van der Waals surface area contributed by atoms with Crippen LogP contribution in [0.15, 0.2) is 97.1 Å². The van der Waals surface area contributed by atoms with E-state index in [0.29, 0.717) is 11.3 Å². The maximum atomic E-state index is 14.6. The van der Waals surface area contributed by atoms with E-state index in [4.69, 9.17) is 4.74 Å². The molecule has 0 fully saturated rings. The number of ether oxygens (including phenoxy) is 1. The zero-order valence-corrected chi connectivity index (χ0v) is 26.1. The Bertz CT molecular complexity index is 1620. The Balaban J connectivity index is 1.77. The highest BCUT2D eigenvalue weighted by atomic mass is 16.6. The molecule has 230 valence electrons. The van der Waals surface area contributed by atoms with Gasteiger partial charge in [-0.3, -0.25) is 9.59 Å². The Morgan fingerprint density at radius 2 is 1.45 bits per heavy atom. The monoisotopic (exact) mass is 595 g/mol. The zero-order chi connectivity index (χ0) is 32.1. The summed E-state index contributed by atoms with van der Waals surface area (Å²) in [6, 6.07) is 26.9. The lowest BCUT2D eigenvalue weighted by Crippen LogP contribution is -2.58. The Morgan fingerprint density at radius 3 is 2.09 bits per heavy atom. The van der Waals surface area contributed by atoms with Gasteiger partial charge in [0, 0.05) is 17.6 Å². The number of rotatable bonds is 8. The summed E-state index contributed by atoms with van der Waals surface area (Å²) < 4.78 is 5.51. The van der Waals surface area contributed by atoms with E-state index < -0.39 is 41.1 Å². The first-order chi connectivity index (χ1) is 20.7. The van der Waals surface area contributed by atoms with Gasteiger partial charge < -0.3 is 25.4 Å². The fraction of sp³-hybridized carbons (Fsp3) is 0.306. The number of carbonyl (C=O) groups is 3. The van der Waals surface area contributed by atoms with Gasteiger partial charge in [0.1, 0.15) is 23.4 Å². The van der Waals surface area contributed by atoms with Gasteiger partial charge in [0.25, 0.3) is 5.91 Å². The number of hydrogen-bond acceptors (Lipinski definition) is 5. The molecular weight excluding hydrogens is 554 g/mol. The van der Waals surface area contributed by atoms with Crippen molar-refractivity contribution in [3.05, 3.63) is 108 Å². The lowest BCUT2D eigenvalue weighted by Gasteiger charge is -2.43. The van der Waals surface area contributed by atoms with E-state index in [1.54, 1.807) is 32.9 Å². The van der Waals surface area contributed by atoms with E-state index >= 15 is 0 Å². The summed E-state index contributed by atoms with van der Waals surface area (Å²) in [5.41, 5.74) is 0.136. The van der Waals surface area contributed by atoms with Crippen molar-refractivity contribution in [3.63, 3.8) is 0 Å². The van der Waals surface area contributed by atoms with Gasteiger partial charge in [0.15, 0.2) is 0 Å². The zero-order valence-electron chi connectivity index (χ0n) is 26.1. The summed E-state index contributed by atoms with van der Waals surface area (Å²) in [5.74, 6) is -0.987. The number of benzene rings is 4. The molecule has 0 aliphatic heterocycles. The van der Waals surface area contributed by atoms with Crippen molar-refractivity contribution in [2.24, 2.45) is 0 Å². The number of phenols is 1. The van der Waals surface area contributed by atoms with Gasteiger partial charge in [-0.05, 0) is 87.7 Å². The molecule has 0 aromatic heterocycles. The first-order valence-corrected chi connectivity index (χ1v) is 14.7. The summed E-state index contributed by atoms with van der Waals surface area (Å²) in [6.45, 7) is 10.7. The fourth-order valence-corrected chi connectivity index (χ4v) is 5.10. The number of amides is 3. The second kappa shape index (κ2) is 13.2. The average molecular weight is 596 g/mol. The van der Waals surface area contributed by atoms with Gasteiger partial charge >= 0.3 is 6.09 Å². The minimum absolute atomic E-state index is 0.0416. The number of alkyl carbamates (subject to hydrolysis) is 1. The molecule has 44 heavy (non-hydrogen) atoms. The van der Waals surface area contributed by atoms with E-state index in [0.717, 1.165) is 16.3 Å². The van der Waals surface area contributed by atoms with Crippen LogP contribution in [-0.2, 0) is 20.7 Å². The number of aromatic hydroxyl groups is 1. The number of nitrogens with one attached hydrogen (secondary N) is 2. The van der Waals surface area contributed by atoms with Gasteiger partial charge in [-0.2, -0.15) is 0 Å². The maximum absolute atomic E-state index is 14.6. The molecule has 4 aromatic rings. The van der Waals surface area contributed by atoms with Crippen molar-refractivity contribution >= 4 is 34.4 Å². The minimum Gasteiger partial charge on any atom is -0.508 e. The predicted octanol–water partition coefficient (Wildman–Crippen LogP) is 6.99. The number of carbonyl (C=O) groups excluding carboxylic acids is 3. The second-order valence-corrected chi connectivity index (χ2v) is 12.8. The first kappa shape index (κ1) is 32.1. The van der Waals surface area contributed by atoms with E-state index in [1.807, 2.05) is 93.6 Å². The topological polar surface area (TPSA) is 108 Å². The van der Waals surface area contributed by atoms with Crippen LogP contribution < -0.4 is 10.6 Å². The molecule has 2 atom stereocenters. The lowest BCUT2D eigenvalue weighted by molar-refractivity contribution is -0.146. The van der Waals surface area contributed by atoms with E-state index in [2.05, 4.69) is 10.6 Å². The molecule has 0 saturated carbocycles. The number of phenolic OH excluding ortho intramolecular Hbond substituents is 1. The van der Waals surface area contributed by atoms with Crippen molar-refractivity contribution in [2.45, 2.75) is 71.2 Å². The van der Waals surface area contributed by atoms with E-state index in [-0.39, 0.29) is 12.2 Å². The smallest absolute Gasteiger partial charge is 0.408 e. The summed E-state index contributed by atoms with van der Waals surface area (Å²) >= 11 is 0. The molecule has 8 heteroatoms. The molecule has 8 nitrogen and oxygen atoms in total. The number of anilines is 1. The van der Waals surface area contributed by atoms with E-state index in [1.165, 1.54) is 17.0 Å². The van der Waals surface area contributed by atoms with Crippen LogP contribution in [0.25, 0.3) is 10.8 Å². The molecule has 0 heterocycles. The van der Waals surface area contributed by atoms with Crippen molar-refractivity contribution in [2.75, 3.05) is 5.32 Å². The Kier molecular flexibility index (Phi) is 9.62. The molecule has 0 radical (unpaired) electrons. The molecule has 0 aliphatic carbocycles. The fourth-order valence-electron chi connectivity index (χ4n) is 5.10. The number of hydrogen-bond donors (Lipinski definition) is 3. The molecule has 0 saturated heterocycles. The lowest BCUT2D eigenvalue weighted by atomic mass is 9.94. The molecule has 0 spiro atoms. The van der Waals surface area contributed by atoms with Crippen LogP contribution in [0.2, 0.25) is 0 Å². The van der Waals surface area contributed by atoms with Gasteiger partial charge in [-0.25, -0.2) is 4.79 Å². The summed E-state index contributed by atoms with van der Waals surface area (Å²) in [6.07, 6.45) is -0.569. The first-order valence-electron chi connectivity index (χ1n) is 14.7. The van der Waals surface area contributed by atoms with Crippen LogP contribution in [-0.4, -0.2) is 45.1 Å². The third-order valence-corrected chi connectivity index (χ3v) is 6.94. The molecule has 0 aliphatic rings. The molecule has 4 rings (SSSR count). The normalized spacial score (nSPS) is 13.0. The molecule has 4 aromatic carbocycles. The second-order valence-electron chi connectivity index (χ2n) is 12.8. The highest BCUT2D eigenvalue weighted by molar-refractivity contribution is 6.00. The van der Waals surface area contributed by atoms with Crippen molar-refractivity contribution in [3.8, 4) is 5.75 Å². The molecule has 3 amide bonds. The number of nitrogens with zero attached hydrogens (tertiary/aromatic N) is 1. The Hall–Kier alpha value is -4.85. The van der Waals surface area contributed by atoms with Gasteiger partial charge in [0.2, 0.25) is 5.91 Å². The predicted molar refractivity (Wildman–Crippen MR) is 173 cm³/mol. The van der Waals surface area contributed by atoms with Crippen LogP contribution in [0.1, 0.15) is 58.7 Å². The Morgan fingerprint density at radius 1 is 0.795 bits per heavy atom. The largest absolute Gasteiger partial charge is 0.508 e. The quantitative estimate of drug-likeness (QED) is 0.204. The van der Waals surface area contributed by atoms with Gasteiger partial charge in [-0.15, -0.1) is 0 Å². The average Bonchev–Trinajstić information content (AvgIpc) is 2.94. The van der Waals surface area contributed by atoms with Crippen molar-refractivity contribution in [1.82, 2.24) is 10.2 Å². The molecule has 0 bridgehead atoms. The van der Waals surface area contributed by atoms with Gasteiger partial charge in [0.05, 0.1) is 0 Å². The van der Waals surface area contributed by atoms with Crippen LogP contribution in [0.3, 0.4) is 0 Å². The van der Waals surface area contributed by atoms with Crippen LogP contribution in [0, 0.1) is 0 Å². The van der Waals surface area contributed by atoms with Crippen molar-refractivity contribution in [1.29, 1.82) is 0 Å². The van der Waals surface area contributed by atoms with E-state index in [9.17, 15) is 19.5 Å². The minimum atomic E-state index is -1.15. The molecule has 3 N–H and O–H groups in total. The summed E-state index contributed by atoms with van der Waals surface area (Å²) in [7, 11) is 0. The highest BCUT2D eigenvalue weighted by Gasteiger charge is 2.42. The third kappa shape index (κ3) is 8.37. The third-order valence-electron chi connectivity index (χ3n) is 6.94. The molecule has 2 unspecified atom stereocenters. The molecular formula is C36H41N3O5. The standard InChI is InChI=1S/C36H41N3O5/c1-35(2,3)39(33(42)30(21-24-13-8-7-9-14-24)38-34(43)44-36(4,5)6)31(27-17-12-18-29(40)23-27)32(41)37-28-20-19-25-15-10-11-16-26(25)22-28/h7-20,22-23,30-31,40H,21H2,1-6H3,(H,37,41)(H,38,43). The van der Waals surface area contributed by atoms with Crippen molar-refractivity contribution < 1.29 is 24.2 Å². The SMILES string of the molecule is CC(C)(C)OC(=O)NC(Cc1ccccc1)C(=O)N(C(C(=O)Nc1ccc2ccccc2c1)c1cccc(O)c1)C(C)(C)C.